The maximum atomic E-state index is 10.6. The van der Waals surface area contributed by atoms with Gasteiger partial charge in [0.25, 0.3) is 0 Å². The number of hydrogen-bond donors (Lipinski definition) is 1. The van der Waals surface area contributed by atoms with Gasteiger partial charge in [0, 0.05) is 5.92 Å². The van der Waals surface area contributed by atoms with Crippen molar-refractivity contribution in [2.45, 2.75) is 12.0 Å². The number of carbonyl (C=O) groups is 1. The fourth-order valence-electron chi connectivity index (χ4n) is 1.12. The Labute approximate surface area is 59.0 Å². The fraction of sp³-hybridized carbons (Fsp3) is 0.800. The van der Waals surface area contributed by atoms with Gasteiger partial charge in [0.2, 0.25) is 0 Å². The summed E-state index contributed by atoms with van der Waals surface area (Å²) in [6, 6.07) is 0. The molecule has 2 aliphatic rings. The van der Waals surface area contributed by atoms with E-state index in [0.717, 1.165) is 6.42 Å². The summed E-state index contributed by atoms with van der Waals surface area (Å²) in [5.74, 6) is 0.137. The Kier molecular flexibility index (Phi) is 1.22. The van der Waals surface area contributed by atoms with E-state index in [1.807, 2.05) is 0 Å². The Morgan fingerprint density at radius 2 is 2.44 bits per heavy atom. The normalized spacial score (nSPS) is 45.0. The molecular formula is C5H8ClNO2. The van der Waals surface area contributed by atoms with Crippen LogP contribution in [0.3, 0.4) is 0 Å². The second-order valence-electron chi connectivity index (χ2n) is 2.54. The van der Waals surface area contributed by atoms with Crippen LogP contribution < -0.4 is 5.73 Å². The molecule has 0 aromatic heterocycles. The molecule has 2 N–H and O–H groups in total. The molecule has 1 saturated carbocycles. The molecule has 1 saturated heterocycles. The van der Waals surface area contributed by atoms with Crippen LogP contribution in [0.25, 0.3) is 0 Å². The zero-order valence-electron chi connectivity index (χ0n) is 4.79. The van der Waals surface area contributed by atoms with Gasteiger partial charge in [-0.25, -0.2) is 0 Å². The average Bonchev–Trinajstić information content (AvgIpc) is 2.31. The Morgan fingerprint density at radius 3 is 2.56 bits per heavy atom. The van der Waals surface area contributed by atoms with Crippen LogP contribution in [0.4, 0.5) is 0 Å². The maximum absolute atomic E-state index is 10.6. The number of carbonyl (C=O) groups excluding carboxylic acids is 1. The van der Waals surface area contributed by atoms with E-state index in [1.165, 1.54) is 0 Å². The Morgan fingerprint density at radius 1 is 1.78 bits per heavy atom. The Balaban J connectivity index is 0.000000405. The standard InChI is InChI=1S/C5H7NO2.ClH/c6-5-1-3(5)2-8-4(5)7;/h3H,1-2,6H2;1H. The lowest BCUT2D eigenvalue weighted by molar-refractivity contribution is -0.141. The number of hydrogen-bond acceptors (Lipinski definition) is 3. The van der Waals surface area contributed by atoms with Crippen LogP contribution >= 0.6 is 12.4 Å². The van der Waals surface area contributed by atoms with E-state index in [4.69, 9.17) is 5.73 Å². The first kappa shape index (κ1) is 6.83. The minimum Gasteiger partial charge on any atom is -0.464 e. The highest BCUT2D eigenvalue weighted by molar-refractivity contribution is 5.87. The van der Waals surface area contributed by atoms with Crippen molar-refractivity contribution < 1.29 is 9.53 Å². The Bertz CT molecular complexity index is 159. The van der Waals surface area contributed by atoms with Crippen molar-refractivity contribution in [1.82, 2.24) is 0 Å². The quantitative estimate of drug-likeness (QED) is 0.481. The molecule has 0 bridgehead atoms. The molecule has 4 heteroatoms. The molecule has 1 aliphatic heterocycles. The van der Waals surface area contributed by atoms with Crippen molar-refractivity contribution in [1.29, 1.82) is 0 Å². The number of ether oxygens (including phenoxy) is 1. The molecule has 1 aliphatic carbocycles. The van der Waals surface area contributed by atoms with Gasteiger partial charge in [0.05, 0.1) is 6.61 Å². The third-order valence-corrected chi connectivity index (χ3v) is 1.95. The zero-order valence-corrected chi connectivity index (χ0v) is 5.61. The van der Waals surface area contributed by atoms with Gasteiger partial charge in [-0.05, 0) is 6.42 Å². The van der Waals surface area contributed by atoms with Crippen molar-refractivity contribution in [3.8, 4) is 0 Å². The maximum Gasteiger partial charge on any atom is 0.326 e. The van der Waals surface area contributed by atoms with Gasteiger partial charge < -0.3 is 10.5 Å². The molecule has 52 valence electrons. The van der Waals surface area contributed by atoms with E-state index < -0.39 is 5.54 Å². The second kappa shape index (κ2) is 1.61. The summed E-state index contributed by atoms with van der Waals surface area (Å²) in [7, 11) is 0. The summed E-state index contributed by atoms with van der Waals surface area (Å²) < 4.78 is 4.65. The molecule has 3 nitrogen and oxygen atoms in total. The predicted molar refractivity (Wildman–Crippen MR) is 33.2 cm³/mol. The highest BCUT2D eigenvalue weighted by Gasteiger charge is 2.63. The third-order valence-electron chi connectivity index (χ3n) is 1.95. The van der Waals surface area contributed by atoms with Crippen LogP contribution in [-0.2, 0) is 9.53 Å². The predicted octanol–water partition coefficient (Wildman–Crippen LogP) is -0.318. The molecular weight excluding hydrogens is 142 g/mol. The van der Waals surface area contributed by atoms with Crippen LogP contribution in [0.1, 0.15) is 6.42 Å². The lowest BCUT2D eigenvalue weighted by Crippen LogP contribution is -2.31. The van der Waals surface area contributed by atoms with Gasteiger partial charge in [-0.2, -0.15) is 0 Å². The third kappa shape index (κ3) is 0.650. The van der Waals surface area contributed by atoms with E-state index in [9.17, 15) is 4.79 Å². The summed E-state index contributed by atoms with van der Waals surface area (Å²) in [6.45, 7) is 0.551. The number of halogens is 1. The largest absolute Gasteiger partial charge is 0.464 e. The molecule has 0 aromatic carbocycles. The van der Waals surface area contributed by atoms with E-state index in [0.29, 0.717) is 12.5 Å². The molecule has 2 unspecified atom stereocenters. The van der Waals surface area contributed by atoms with E-state index in [2.05, 4.69) is 4.74 Å². The topological polar surface area (TPSA) is 52.3 Å². The van der Waals surface area contributed by atoms with Crippen LogP contribution in [0.5, 0.6) is 0 Å². The molecule has 9 heavy (non-hydrogen) atoms. The van der Waals surface area contributed by atoms with Crippen molar-refractivity contribution in [2.75, 3.05) is 6.61 Å². The number of nitrogens with two attached hydrogens (primary N) is 1. The van der Waals surface area contributed by atoms with Crippen LogP contribution in [0.2, 0.25) is 0 Å². The summed E-state index contributed by atoms with van der Waals surface area (Å²) in [5.41, 5.74) is 4.98. The lowest BCUT2D eigenvalue weighted by atomic mass is 10.3. The monoisotopic (exact) mass is 149 g/mol. The van der Waals surface area contributed by atoms with Gasteiger partial charge in [-0.1, -0.05) is 0 Å². The van der Waals surface area contributed by atoms with Crippen LogP contribution in [0, 0.1) is 5.92 Å². The smallest absolute Gasteiger partial charge is 0.326 e. The van der Waals surface area contributed by atoms with Gasteiger partial charge in [0.15, 0.2) is 0 Å². The van der Waals surface area contributed by atoms with Gasteiger partial charge in [0.1, 0.15) is 5.54 Å². The number of rotatable bonds is 0. The lowest BCUT2D eigenvalue weighted by Gasteiger charge is -1.97. The average molecular weight is 150 g/mol. The number of cyclic esters (lactones) is 1. The van der Waals surface area contributed by atoms with E-state index in [1.54, 1.807) is 0 Å². The fourth-order valence-corrected chi connectivity index (χ4v) is 1.12. The number of fused-ring (bicyclic) bond motifs is 1. The first-order chi connectivity index (χ1) is 3.73. The van der Waals surface area contributed by atoms with E-state index in [-0.39, 0.29) is 18.4 Å². The zero-order chi connectivity index (χ0) is 5.78. The molecule has 2 atom stereocenters. The van der Waals surface area contributed by atoms with Crippen molar-refractivity contribution >= 4 is 18.4 Å². The summed E-state index contributed by atoms with van der Waals surface area (Å²) in [6.07, 6.45) is 0.839. The van der Waals surface area contributed by atoms with Crippen molar-refractivity contribution in [3.63, 3.8) is 0 Å². The molecule has 2 fully saturated rings. The molecule has 0 amide bonds. The molecule has 0 radical (unpaired) electrons. The second-order valence-corrected chi connectivity index (χ2v) is 2.54. The highest BCUT2D eigenvalue weighted by atomic mass is 35.5. The van der Waals surface area contributed by atoms with Gasteiger partial charge in [-0.15, -0.1) is 12.4 Å². The van der Waals surface area contributed by atoms with Gasteiger partial charge >= 0.3 is 5.97 Å². The summed E-state index contributed by atoms with van der Waals surface area (Å²) in [4.78, 5) is 10.6. The van der Waals surface area contributed by atoms with Crippen molar-refractivity contribution in [3.05, 3.63) is 0 Å². The van der Waals surface area contributed by atoms with E-state index >= 15 is 0 Å². The minimum absolute atomic E-state index is 0. The molecule has 0 spiro atoms. The Hall–Kier alpha value is -0.280. The highest BCUT2D eigenvalue weighted by Crippen LogP contribution is 2.46. The molecule has 0 aromatic rings. The summed E-state index contributed by atoms with van der Waals surface area (Å²) in [5, 5.41) is 0. The van der Waals surface area contributed by atoms with Gasteiger partial charge in [-0.3, -0.25) is 4.79 Å². The van der Waals surface area contributed by atoms with Crippen LogP contribution in [-0.4, -0.2) is 18.1 Å². The number of esters is 1. The molecule has 1 heterocycles. The first-order valence-electron chi connectivity index (χ1n) is 2.69. The first-order valence-corrected chi connectivity index (χ1v) is 2.69. The minimum atomic E-state index is -0.542. The molecule has 2 rings (SSSR count). The SMILES string of the molecule is Cl.NC12CC1COC2=O. The van der Waals surface area contributed by atoms with Crippen LogP contribution in [0.15, 0.2) is 0 Å². The van der Waals surface area contributed by atoms with Crippen molar-refractivity contribution in [2.24, 2.45) is 11.7 Å². The summed E-state index contributed by atoms with van der Waals surface area (Å²) >= 11 is 0.